The lowest BCUT2D eigenvalue weighted by molar-refractivity contribution is 0.0388. The quantitative estimate of drug-likeness (QED) is 0.580. The van der Waals surface area contributed by atoms with Crippen LogP contribution in [0.2, 0.25) is 0 Å². The molecule has 0 heterocycles. The molecule has 1 rings (SSSR count). The summed E-state index contributed by atoms with van der Waals surface area (Å²) >= 11 is 0. The van der Waals surface area contributed by atoms with Crippen LogP contribution in [0.5, 0.6) is 5.75 Å². The molecular weight excluding hydrogens is 184 g/mol. The minimum Gasteiger partial charge on any atom is -0.508 e. The summed E-state index contributed by atoms with van der Waals surface area (Å²) in [5.41, 5.74) is 0.416. The van der Waals surface area contributed by atoms with Crippen molar-refractivity contribution in [1.82, 2.24) is 0 Å². The topological polar surface area (TPSA) is 55.8 Å². The number of ether oxygens (including phenoxy) is 2. The van der Waals surface area contributed by atoms with E-state index in [1.807, 2.05) is 0 Å². The summed E-state index contributed by atoms with van der Waals surface area (Å²) in [6.07, 6.45) is 0. The predicted molar refractivity (Wildman–Crippen MR) is 50.3 cm³/mol. The van der Waals surface area contributed by atoms with Crippen LogP contribution in [0, 0.1) is 0 Å². The molecule has 0 bridgehead atoms. The molecule has 1 aromatic rings. The Morgan fingerprint density at radius 1 is 1.29 bits per heavy atom. The Morgan fingerprint density at radius 2 is 1.93 bits per heavy atom. The van der Waals surface area contributed by atoms with E-state index < -0.39 is 5.97 Å². The third-order valence-corrected chi connectivity index (χ3v) is 1.62. The molecule has 0 saturated heterocycles. The summed E-state index contributed by atoms with van der Waals surface area (Å²) in [6, 6.07) is 5.88. The molecule has 0 radical (unpaired) electrons. The number of carbonyl (C=O) groups excluding carboxylic acids is 1. The van der Waals surface area contributed by atoms with E-state index in [0.717, 1.165) is 0 Å². The highest BCUT2D eigenvalue weighted by molar-refractivity contribution is 5.89. The van der Waals surface area contributed by atoms with Crippen LogP contribution in [0.3, 0.4) is 0 Å². The molecular formula is C10H12O4. The molecule has 4 nitrogen and oxygen atoms in total. The molecule has 0 fully saturated rings. The van der Waals surface area contributed by atoms with Crippen LogP contribution < -0.4 is 0 Å². The summed E-state index contributed by atoms with van der Waals surface area (Å²) < 4.78 is 9.59. The van der Waals surface area contributed by atoms with E-state index in [9.17, 15) is 4.79 Å². The Bertz CT molecular complexity index is 291. The number of esters is 1. The first kappa shape index (κ1) is 10.5. The SMILES string of the molecule is COCCOC(=O)c1ccc(O)cc1. The van der Waals surface area contributed by atoms with Gasteiger partial charge in [0.2, 0.25) is 0 Å². The zero-order valence-electron chi connectivity index (χ0n) is 7.90. The fourth-order valence-corrected chi connectivity index (χ4v) is 0.899. The van der Waals surface area contributed by atoms with E-state index in [1.54, 1.807) is 0 Å². The van der Waals surface area contributed by atoms with Crippen LogP contribution in [-0.2, 0) is 9.47 Å². The molecule has 0 aliphatic rings. The van der Waals surface area contributed by atoms with Gasteiger partial charge in [-0.1, -0.05) is 0 Å². The van der Waals surface area contributed by atoms with Crippen LogP contribution in [0.15, 0.2) is 24.3 Å². The lowest BCUT2D eigenvalue weighted by atomic mass is 10.2. The molecule has 76 valence electrons. The van der Waals surface area contributed by atoms with Crippen LogP contribution >= 0.6 is 0 Å². The van der Waals surface area contributed by atoms with Crippen molar-refractivity contribution in [3.05, 3.63) is 29.8 Å². The van der Waals surface area contributed by atoms with Crippen molar-refractivity contribution in [3.8, 4) is 5.75 Å². The van der Waals surface area contributed by atoms with Crippen molar-refractivity contribution in [2.45, 2.75) is 0 Å². The summed E-state index contributed by atoms with van der Waals surface area (Å²) in [5, 5.41) is 8.98. The zero-order chi connectivity index (χ0) is 10.4. The van der Waals surface area contributed by atoms with Gasteiger partial charge in [0.25, 0.3) is 0 Å². The molecule has 1 N–H and O–H groups in total. The fourth-order valence-electron chi connectivity index (χ4n) is 0.899. The maximum atomic E-state index is 11.3. The Labute approximate surface area is 82.1 Å². The van der Waals surface area contributed by atoms with Gasteiger partial charge in [0.15, 0.2) is 0 Å². The first-order chi connectivity index (χ1) is 6.74. The fraction of sp³-hybridized carbons (Fsp3) is 0.300. The maximum absolute atomic E-state index is 11.3. The summed E-state index contributed by atoms with van der Waals surface area (Å²) in [4.78, 5) is 11.3. The maximum Gasteiger partial charge on any atom is 0.338 e. The highest BCUT2D eigenvalue weighted by Gasteiger charge is 2.05. The normalized spacial score (nSPS) is 9.79. The van der Waals surface area contributed by atoms with E-state index >= 15 is 0 Å². The average molecular weight is 196 g/mol. The van der Waals surface area contributed by atoms with Crippen molar-refractivity contribution in [3.63, 3.8) is 0 Å². The van der Waals surface area contributed by atoms with Crippen LogP contribution in [0.25, 0.3) is 0 Å². The number of rotatable bonds is 4. The number of phenolic OH excluding ortho intramolecular Hbond substituents is 1. The molecule has 0 aromatic heterocycles. The van der Waals surface area contributed by atoms with Crippen molar-refractivity contribution >= 4 is 5.97 Å². The summed E-state index contributed by atoms with van der Waals surface area (Å²) in [5.74, 6) is -0.291. The monoisotopic (exact) mass is 196 g/mol. The minimum absolute atomic E-state index is 0.124. The molecule has 0 amide bonds. The molecule has 0 aliphatic heterocycles. The number of methoxy groups -OCH3 is 1. The number of aromatic hydroxyl groups is 1. The molecule has 14 heavy (non-hydrogen) atoms. The van der Waals surface area contributed by atoms with Gasteiger partial charge in [-0.3, -0.25) is 0 Å². The number of hydrogen-bond acceptors (Lipinski definition) is 4. The summed E-state index contributed by atoms with van der Waals surface area (Å²) in [6.45, 7) is 0.611. The highest BCUT2D eigenvalue weighted by Crippen LogP contribution is 2.10. The van der Waals surface area contributed by atoms with Gasteiger partial charge >= 0.3 is 5.97 Å². The molecule has 0 aliphatic carbocycles. The van der Waals surface area contributed by atoms with E-state index in [-0.39, 0.29) is 12.4 Å². The minimum atomic E-state index is -0.415. The van der Waals surface area contributed by atoms with Gasteiger partial charge < -0.3 is 14.6 Å². The molecule has 0 unspecified atom stereocenters. The number of hydrogen-bond donors (Lipinski definition) is 1. The third-order valence-electron chi connectivity index (χ3n) is 1.62. The first-order valence-electron chi connectivity index (χ1n) is 4.19. The standard InChI is InChI=1S/C10H12O4/c1-13-6-7-14-10(12)8-2-4-9(11)5-3-8/h2-5,11H,6-7H2,1H3. The van der Waals surface area contributed by atoms with E-state index in [2.05, 4.69) is 0 Å². The van der Waals surface area contributed by atoms with E-state index in [0.29, 0.717) is 12.2 Å². The van der Waals surface area contributed by atoms with E-state index in [4.69, 9.17) is 14.6 Å². The number of benzene rings is 1. The molecule has 4 heteroatoms. The first-order valence-corrected chi connectivity index (χ1v) is 4.19. The summed E-state index contributed by atoms with van der Waals surface area (Å²) in [7, 11) is 1.54. The number of phenols is 1. The van der Waals surface area contributed by atoms with Gasteiger partial charge in [-0.05, 0) is 24.3 Å². The molecule has 1 aromatic carbocycles. The second kappa shape index (κ2) is 5.24. The van der Waals surface area contributed by atoms with Gasteiger partial charge in [-0.25, -0.2) is 4.79 Å². The smallest absolute Gasteiger partial charge is 0.338 e. The second-order valence-corrected chi connectivity index (χ2v) is 2.68. The van der Waals surface area contributed by atoms with Crippen molar-refractivity contribution in [1.29, 1.82) is 0 Å². The third kappa shape index (κ3) is 3.06. The van der Waals surface area contributed by atoms with Gasteiger partial charge in [0, 0.05) is 7.11 Å². The second-order valence-electron chi connectivity index (χ2n) is 2.68. The lowest BCUT2D eigenvalue weighted by Gasteiger charge is -2.03. The van der Waals surface area contributed by atoms with Crippen LogP contribution in [0.4, 0.5) is 0 Å². The molecule has 0 spiro atoms. The van der Waals surface area contributed by atoms with Crippen molar-refractivity contribution in [2.75, 3.05) is 20.3 Å². The Kier molecular flexibility index (Phi) is 3.94. The van der Waals surface area contributed by atoms with Crippen molar-refractivity contribution < 1.29 is 19.4 Å². The molecule has 0 atom stereocenters. The Balaban J connectivity index is 2.48. The Hall–Kier alpha value is -1.55. The van der Waals surface area contributed by atoms with Gasteiger partial charge in [-0.2, -0.15) is 0 Å². The zero-order valence-corrected chi connectivity index (χ0v) is 7.90. The van der Waals surface area contributed by atoms with Gasteiger partial charge in [-0.15, -0.1) is 0 Å². The van der Waals surface area contributed by atoms with Crippen LogP contribution in [-0.4, -0.2) is 31.4 Å². The lowest BCUT2D eigenvalue weighted by Crippen LogP contribution is -2.09. The Morgan fingerprint density at radius 3 is 2.50 bits per heavy atom. The highest BCUT2D eigenvalue weighted by atomic mass is 16.6. The van der Waals surface area contributed by atoms with Crippen LogP contribution in [0.1, 0.15) is 10.4 Å². The average Bonchev–Trinajstić information content (AvgIpc) is 2.19. The van der Waals surface area contributed by atoms with E-state index in [1.165, 1.54) is 31.4 Å². The predicted octanol–water partition coefficient (Wildman–Crippen LogP) is 1.20. The van der Waals surface area contributed by atoms with Crippen molar-refractivity contribution in [2.24, 2.45) is 0 Å². The number of carbonyl (C=O) groups is 1. The molecule has 0 saturated carbocycles. The van der Waals surface area contributed by atoms with Gasteiger partial charge in [0.05, 0.1) is 12.2 Å². The van der Waals surface area contributed by atoms with Gasteiger partial charge in [0.1, 0.15) is 12.4 Å². The largest absolute Gasteiger partial charge is 0.508 e.